The first-order chi connectivity index (χ1) is 9.69. The molecule has 20 heavy (non-hydrogen) atoms. The molecule has 0 heterocycles. The van der Waals surface area contributed by atoms with Crippen LogP contribution in [0.5, 0.6) is 0 Å². The van der Waals surface area contributed by atoms with Crippen molar-refractivity contribution in [1.82, 2.24) is 5.32 Å². The molecular weight excluding hydrogens is 274 g/mol. The third-order valence-corrected chi connectivity index (χ3v) is 3.23. The molecule has 4 heteroatoms. The van der Waals surface area contributed by atoms with E-state index < -0.39 is 0 Å². The summed E-state index contributed by atoms with van der Waals surface area (Å²) in [6.45, 7) is 0.607. The van der Waals surface area contributed by atoms with Gasteiger partial charge in [0.15, 0.2) is 0 Å². The van der Waals surface area contributed by atoms with E-state index in [9.17, 15) is 4.79 Å². The molecule has 104 valence electrons. The Hall–Kier alpha value is -1.84. The molecule has 0 aliphatic carbocycles. The Morgan fingerprint density at radius 1 is 1.10 bits per heavy atom. The molecule has 0 aromatic heterocycles. The van der Waals surface area contributed by atoms with Gasteiger partial charge in [-0.15, -0.1) is 0 Å². The summed E-state index contributed by atoms with van der Waals surface area (Å²) >= 11 is 5.85. The average Bonchev–Trinajstić information content (AvgIpc) is 2.48. The van der Waals surface area contributed by atoms with Crippen molar-refractivity contribution in [3.8, 4) is 0 Å². The molecule has 2 rings (SSSR count). The number of carbonyl (C=O) groups is 1. The summed E-state index contributed by atoms with van der Waals surface area (Å²) in [6.07, 6.45) is 0.748. The lowest BCUT2D eigenvalue weighted by atomic mass is 10.1. The van der Waals surface area contributed by atoms with Crippen molar-refractivity contribution in [2.75, 3.05) is 6.54 Å². The number of aliphatic hydroxyl groups excluding tert-OH is 1. The van der Waals surface area contributed by atoms with Gasteiger partial charge in [-0.3, -0.25) is 4.79 Å². The lowest BCUT2D eigenvalue weighted by Crippen LogP contribution is -2.25. The summed E-state index contributed by atoms with van der Waals surface area (Å²) in [6, 6.07) is 14.5. The molecule has 0 radical (unpaired) electrons. The minimum absolute atomic E-state index is 0.0474. The van der Waals surface area contributed by atoms with Crippen LogP contribution in [0.25, 0.3) is 0 Å². The predicted octanol–water partition coefficient (Wildman–Crippen LogP) is 2.80. The van der Waals surface area contributed by atoms with E-state index in [1.807, 2.05) is 24.3 Å². The van der Waals surface area contributed by atoms with E-state index in [-0.39, 0.29) is 12.5 Å². The lowest BCUT2D eigenvalue weighted by molar-refractivity contribution is 0.0954. The second-order valence-corrected chi connectivity index (χ2v) is 4.93. The van der Waals surface area contributed by atoms with Gasteiger partial charge in [0.25, 0.3) is 5.91 Å². The van der Waals surface area contributed by atoms with Crippen LogP contribution in [0, 0.1) is 0 Å². The fourth-order valence-electron chi connectivity index (χ4n) is 1.86. The number of nitrogens with one attached hydrogen (secondary N) is 1. The molecule has 1 amide bonds. The largest absolute Gasteiger partial charge is 0.392 e. The van der Waals surface area contributed by atoms with Crippen LogP contribution in [0.3, 0.4) is 0 Å². The highest BCUT2D eigenvalue weighted by Gasteiger charge is 2.05. The maximum Gasteiger partial charge on any atom is 0.251 e. The quantitative estimate of drug-likeness (QED) is 0.889. The van der Waals surface area contributed by atoms with E-state index in [1.54, 1.807) is 24.3 Å². The van der Waals surface area contributed by atoms with Crippen LogP contribution in [-0.4, -0.2) is 17.6 Å². The Morgan fingerprint density at radius 2 is 1.80 bits per heavy atom. The van der Waals surface area contributed by atoms with Crippen LogP contribution in [0.1, 0.15) is 21.5 Å². The molecule has 0 spiro atoms. The van der Waals surface area contributed by atoms with Gasteiger partial charge in [-0.05, 0) is 35.7 Å². The second kappa shape index (κ2) is 7.08. The van der Waals surface area contributed by atoms with Crippen molar-refractivity contribution >= 4 is 17.5 Å². The van der Waals surface area contributed by atoms with Crippen molar-refractivity contribution in [3.05, 3.63) is 70.2 Å². The minimum Gasteiger partial charge on any atom is -0.392 e. The minimum atomic E-state index is -0.125. The van der Waals surface area contributed by atoms with E-state index in [0.717, 1.165) is 17.5 Å². The van der Waals surface area contributed by atoms with E-state index in [2.05, 4.69) is 5.32 Å². The summed E-state index contributed by atoms with van der Waals surface area (Å²) in [7, 11) is 0. The average molecular weight is 290 g/mol. The first-order valence-corrected chi connectivity index (χ1v) is 6.79. The van der Waals surface area contributed by atoms with Gasteiger partial charge in [-0.2, -0.15) is 0 Å². The number of aliphatic hydroxyl groups is 1. The van der Waals surface area contributed by atoms with Crippen molar-refractivity contribution < 1.29 is 9.90 Å². The van der Waals surface area contributed by atoms with Gasteiger partial charge in [0.2, 0.25) is 0 Å². The Bertz CT molecular complexity index is 581. The van der Waals surface area contributed by atoms with Crippen LogP contribution in [0.15, 0.2) is 48.5 Å². The highest BCUT2D eigenvalue weighted by Crippen LogP contribution is 2.10. The van der Waals surface area contributed by atoms with Crippen LogP contribution in [0.2, 0.25) is 5.02 Å². The standard InChI is InChI=1S/C16H16ClNO2/c17-15-3-1-2-14(10-15)16(20)18-9-8-12-4-6-13(11-19)7-5-12/h1-7,10,19H,8-9,11H2,(H,18,20). The second-order valence-electron chi connectivity index (χ2n) is 4.49. The monoisotopic (exact) mass is 289 g/mol. The first-order valence-electron chi connectivity index (χ1n) is 6.41. The van der Waals surface area contributed by atoms with Crippen molar-refractivity contribution in [2.24, 2.45) is 0 Å². The number of hydrogen-bond acceptors (Lipinski definition) is 2. The predicted molar refractivity (Wildman–Crippen MR) is 79.9 cm³/mol. The van der Waals surface area contributed by atoms with Gasteiger partial charge >= 0.3 is 0 Å². The molecule has 0 atom stereocenters. The van der Waals surface area contributed by atoms with E-state index >= 15 is 0 Å². The SMILES string of the molecule is O=C(NCCc1ccc(CO)cc1)c1cccc(Cl)c1. The third-order valence-electron chi connectivity index (χ3n) is 2.99. The number of rotatable bonds is 5. The highest BCUT2D eigenvalue weighted by molar-refractivity contribution is 6.30. The summed E-state index contributed by atoms with van der Waals surface area (Å²) in [5.41, 5.74) is 2.57. The molecule has 0 fully saturated rings. The number of carbonyl (C=O) groups excluding carboxylic acids is 1. The fraction of sp³-hybridized carbons (Fsp3) is 0.188. The molecule has 0 aliphatic rings. The molecule has 0 saturated heterocycles. The van der Waals surface area contributed by atoms with Crippen molar-refractivity contribution in [2.45, 2.75) is 13.0 Å². The van der Waals surface area contributed by atoms with Gasteiger partial charge in [-0.1, -0.05) is 41.9 Å². The molecule has 0 saturated carbocycles. The normalized spacial score (nSPS) is 10.3. The zero-order valence-electron chi connectivity index (χ0n) is 11.0. The molecule has 2 aromatic carbocycles. The Balaban J connectivity index is 1.84. The van der Waals surface area contributed by atoms with E-state index in [4.69, 9.17) is 16.7 Å². The van der Waals surface area contributed by atoms with Crippen LogP contribution < -0.4 is 5.32 Å². The van der Waals surface area contributed by atoms with Gasteiger partial charge in [0.05, 0.1) is 6.61 Å². The number of halogens is 1. The van der Waals surface area contributed by atoms with Crippen LogP contribution >= 0.6 is 11.6 Å². The molecular formula is C16H16ClNO2. The van der Waals surface area contributed by atoms with Gasteiger partial charge < -0.3 is 10.4 Å². The maximum atomic E-state index is 11.9. The maximum absolute atomic E-state index is 11.9. The first kappa shape index (κ1) is 14.6. The summed E-state index contributed by atoms with van der Waals surface area (Å²) in [4.78, 5) is 11.9. The molecule has 0 unspecified atom stereocenters. The highest BCUT2D eigenvalue weighted by atomic mass is 35.5. The van der Waals surface area contributed by atoms with E-state index in [1.165, 1.54) is 0 Å². The van der Waals surface area contributed by atoms with E-state index in [0.29, 0.717) is 17.1 Å². The fourth-order valence-corrected chi connectivity index (χ4v) is 2.05. The topological polar surface area (TPSA) is 49.3 Å². The summed E-state index contributed by atoms with van der Waals surface area (Å²) < 4.78 is 0. The molecule has 0 bridgehead atoms. The van der Waals surface area contributed by atoms with Gasteiger partial charge in [-0.25, -0.2) is 0 Å². The van der Waals surface area contributed by atoms with Crippen molar-refractivity contribution in [1.29, 1.82) is 0 Å². The Kier molecular flexibility index (Phi) is 5.16. The van der Waals surface area contributed by atoms with Gasteiger partial charge in [0, 0.05) is 17.1 Å². The summed E-state index contributed by atoms with van der Waals surface area (Å²) in [5, 5.41) is 12.4. The Labute approximate surface area is 123 Å². The number of hydrogen-bond donors (Lipinski definition) is 2. The molecule has 2 aromatic rings. The molecule has 3 nitrogen and oxygen atoms in total. The van der Waals surface area contributed by atoms with Gasteiger partial charge in [0.1, 0.15) is 0 Å². The smallest absolute Gasteiger partial charge is 0.251 e. The van der Waals surface area contributed by atoms with Crippen molar-refractivity contribution in [3.63, 3.8) is 0 Å². The summed E-state index contributed by atoms with van der Waals surface area (Å²) in [5.74, 6) is -0.125. The Morgan fingerprint density at radius 3 is 2.45 bits per heavy atom. The number of amides is 1. The third kappa shape index (κ3) is 4.08. The molecule has 0 aliphatic heterocycles. The zero-order valence-corrected chi connectivity index (χ0v) is 11.7. The number of benzene rings is 2. The van der Waals surface area contributed by atoms with Crippen LogP contribution in [-0.2, 0) is 13.0 Å². The zero-order chi connectivity index (χ0) is 14.4. The lowest BCUT2D eigenvalue weighted by Gasteiger charge is -2.06. The van der Waals surface area contributed by atoms with Crippen LogP contribution in [0.4, 0.5) is 0 Å². The molecule has 2 N–H and O–H groups in total.